The third kappa shape index (κ3) is 5.38. The molecule has 0 unspecified atom stereocenters. The summed E-state index contributed by atoms with van der Waals surface area (Å²) in [5.74, 6) is 0. The zero-order valence-electron chi connectivity index (χ0n) is 12.9. The first-order valence-corrected chi connectivity index (χ1v) is 7.07. The molecule has 0 heterocycles. The molecule has 0 bridgehead atoms. The van der Waals surface area contributed by atoms with Crippen molar-refractivity contribution < 1.29 is 17.1 Å². The zero-order valence-corrected chi connectivity index (χ0v) is 14.0. The van der Waals surface area contributed by atoms with E-state index in [0.29, 0.717) is 0 Å². The molecule has 110 valence electrons. The van der Waals surface area contributed by atoms with Gasteiger partial charge in [-0.25, -0.2) is 12.1 Å². The minimum atomic E-state index is 0. The van der Waals surface area contributed by atoms with Gasteiger partial charge < -0.3 is 0 Å². The van der Waals surface area contributed by atoms with Gasteiger partial charge in [-0.3, -0.25) is 0 Å². The summed E-state index contributed by atoms with van der Waals surface area (Å²) in [5.41, 5.74) is 4.23. The van der Waals surface area contributed by atoms with Gasteiger partial charge in [0.25, 0.3) is 0 Å². The molecule has 0 aliphatic heterocycles. The van der Waals surface area contributed by atoms with E-state index in [9.17, 15) is 0 Å². The molecule has 0 aromatic heterocycles. The van der Waals surface area contributed by atoms with Crippen LogP contribution in [-0.2, 0) is 22.5 Å². The average molecular weight is 318 g/mol. The van der Waals surface area contributed by atoms with Gasteiger partial charge >= 0.3 is 17.1 Å². The fraction of sp³-hybridized carbons (Fsp3) is 0.200. The summed E-state index contributed by atoms with van der Waals surface area (Å²) in [6.07, 6.45) is 0. The third-order valence-corrected chi connectivity index (χ3v) is 3.30. The molecule has 3 rings (SSSR count). The second-order valence-corrected chi connectivity index (χ2v) is 5.96. The Morgan fingerprint density at radius 3 is 1.76 bits per heavy atom. The van der Waals surface area contributed by atoms with Crippen LogP contribution in [0.15, 0.2) is 78.9 Å². The van der Waals surface area contributed by atoms with Crippen molar-refractivity contribution in [3.63, 3.8) is 0 Å². The first-order chi connectivity index (χ1) is 9.57. The fourth-order valence-corrected chi connectivity index (χ4v) is 2.05. The number of rotatable bonds is 1. The molecule has 3 aromatic rings. The van der Waals surface area contributed by atoms with Gasteiger partial charge in [-0.2, -0.15) is 42.0 Å². The maximum Gasteiger partial charge on any atom is 2.00 e. The molecule has 0 saturated carbocycles. The molecule has 0 radical (unpaired) electrons. The van der Waals surface area contributed by atoms with E-state index in [-0.39, 0.29) is 22.5 Å². The van der Waals surface area contributed by atoms with E-state index in [0.717, 1.165) is 0 Å². The van der Waals surface area contributed by atoms with Crippen molar-refractivity contribution in [3.05, 3.63) is 84.4 Å². The van der Waals surface area contributed by atoms with Gasteiger partial charge in [0.15, 0.2) is 0 Å². The molecule has 1 heteroatoms. The third-order valence-electron chi connectivity index (χ3n) is 3.30. The van der Waals surface area contributed by atoms with Gasteiger partial charge in [0.05, 0.1) is 0 Å². The molecule has 0 atom stereocenters. The van der Waals surface area contributed by atoms with Crippen LogP contribution in [0.5, 0.6) is 0 Å². The SMILES string of the molecule is CC(C)(C)c1ccc(-c2ccc[cH-]2)cc1.[Fe+2].c1cc[cH-]c1. The molecule has 0 fully saturated rings. The molecule has 21 heavy (non-hydrogen) atoms. The predicted octanol–water partition coefficient (Wildman–Crippen LogP) is 5.77. The van der Waals surface area contributed by atoms with Crippen LogP contribution in [0.2, 0.25) is 0 Å². The summed E-state index contributed by atoms with van der Waals surface area (Å²) in [6.45, 7) is 6.72. The summed E-state index contributed by atoms with van der Waals surface area (Å²) in [7, 11) is 0. The largest absolute Gasteiger partial charge is 2.00 e. The summed E-state index contributed by atoms with van der Waals surface area (Å²) in [4.78, 5) is 0. The van der Waals surface area contributed by atoms with E-state index >= 15 is 0 Å². The van der Waals surface area contributed by atoms with E-state index in [2.05, 4.69) is 69.3 Å². The Bertz CT molecular complexity index is 561. The number of hydrogen-bond acceptors (Lipinski definition) is 0. The van der Waals surface area contributed by atoms with Crippen LogP contribution in [0.25, 0.3) is 11.1 Å². The zero-order chi connectivity index (χ0) is 14.4. The van der Waals surface area contributed by atoms with Gasteiger partial charge in [0.1, 0.15) is 0 Å². The van der Waals surface area contributed by atoms with Gasteiger partial charge in [0, 0.05) is 0 Å². The predicted molar refractivity (Wildman–Crippen MR) is 88.2 cm³/mol. The molecule has 3 aromatic carbocycles. The van der Waals surface area contributed by atoms with Crippen LogP contribution in [0.1, 0.15) is 26.3 Å². The Morgan fingerprint density at radius 2 is 1.38 bits per heavy atom. The van der Waals surface area contributed by atoms with E-state index in [1.54, 1.807) is 0 Å². The molecule has 0 spiro atoms. The van der Waals surface area contributed by atoms with Crippen molar-refractivity contribution in [1.29, 1.82) is 0 Å². The summed E-state index contributed by atoms with van der Waals surface area (Å²) in [6, 6.07) is 27.3. The van der Waals surface area contributed by atoms with E-state index in [1.165, 1.54) is 16.7 Å². The molecule has 0 aliphatic carbocycles. The van der Waals surface area contributed by atoms with Gasteiger partial charge in [-0.1, -0.05) is 45.0 Å². The van der Waals surface area contributed by atoms with E-state index in [4.69, 9.17) is 0 Å². The topological polar surface area (TPSA) is 0 Å². The molecule has 0 N–H and O–H groups in total. The maximum atomic E-state index is 2.24. The van der Waals surface area contributed by atoms with Crippen molar-refractivity contribution in [1.82, 2.24) is 0 Å². The van der Waals surface area contributed by atoms with Crippen LogP contribution in [0, 0.1) is 0 Å². The van der Waals surface area contributed by atoms with Crippen molar-refractivity contribution in [2.24, 2.45) is 0 Å². The second kappa shape index (κ2) is 8.02. The smallest absolute Gasteiger partial charge is 0.214 e. The Morgan fingerprint density at radius 1 is 0.762 bits per heavy atom. The average Bonchev–Trinajstić information content (AvgIpc) is 3.14. The quantitative estimate of drug-likeness (QED) is 0.394. The van der Waals surface area contributed by atoms with Crippen LogP contribution in [0.3, 0.4) is 0 Å². The van der Waals surface area contributed by atoms with Crippen LogP contribution in [0.4, 0.5) is 0 Å². The monoisotopic (exact) mass is 318 g/mol. The van der Waals surface area contributed by atoms with Crippen molar-refractivity contribution >= 4 is 0 Å². The Hall–Kier alpha value is -1.56. The fourth-order valence-electron chi connectivity index (χ4n) is 2.05. The molecule has 0 amide bonds. The molecule has 0 aliphatic rings. The minimum absolute atomic E-state index is 0. The first-order valence-electron chi connectivity index (χ1n) is 7.07. The summed E-state index contributed by atoms with van der Waals surface area (Å²) < 4.78 is 0. The molecular formula is C20H22Fe. The Kier molecular flexibility index (Phi) is 6.68. The second-order valence-electron chi connectivity index (χ2n) is 5.96. The summed E-state index contributed by atoms with van der Waals surface area (Å²) in [5, 5.41) is 0. The Labute approximate surface area is 139 Å². The number of hydrogen-bond donors (Lipinski definition) is 0. The first kappa shape index (κ1) is 17.5. The number of benzene rings is 1. The molecular weight excluding hydrogens is 296 g/mol. The molecule has 0 saturated heterocycles. The van der Waals surface area contributed by atoms with Gasteiger partial charge in [-0.15, -0.1) is 11.6 Å². The van der Waals surface area contributed by atoms with Gasteiger partial charge in [0.2, 0.25) is 0 Å². The van der Waals surface area contributed by atoms with Crippen molar-refractivity contribution in [2.45, 2.75) is 26.2 Å². The van der Waals surface area contributed by atoms with Crippen molar-refractivity contribution in [2.75, 3.05) is 0 Å². The minimum Gasteiger partial charge on any atom is -0.214 e. The molecule has 0 nitrogen and oxygen atoms in total. The van der Waals surface area contributed by atoms with E-state index < -0.39 is 0 Å². The normalized spacial score (nSPS) is 10.2. The van der Waals surface area contributed by atoms with Crippen molar-refractivity contribution in [3.8, 4) is 11.1 Å². The summed E-state index contributed by atoms with van der Waals surface area (Å²) >= 11 is 0. The maximum absolute atomic E-state index is 2.24. The van der Waals surface area contributed by atoms with Gasteiger partial charge in [-0.05, 0) is 11.0 Å². The van der Waals surface area contributed by atoms with Crippen LogP contribution >= 0.6 is 0 Å². The van der Waals surface area contributed by atoms with E-state index in [1.807, 2.05) is 30.3 Å². The Balaban J connectivity index is 0.000000313. The van der Waals surface area contributed by atoms with Crippen LogP contribution < -0.4 is 0 Å². The standard InChI is InChI=1S/C15H17.C5H5.Fe/c1-15(2,3)14-10-8-13(9-11-14)12-6-4-5-7-12;1-2-4-5-3-1;/h4-11H,1-3H3;1-5H;/q2*-1;+2. The van der Waals surface area contributed by atoms with Crippen LogP contribution in [-0.4, -0.2) is 0 Å².